The first-order valence-electron chi connectivity index (χ1n) is 6.09. The second-order valence-corrected chi connectivity index (χ2v) is 5.91. The lowest BCUT2D eigenvalue weighted by atomic mass is 9.95. The molecule has 0 fully saturated rings. The number of hydrogen-bond acceptors (Lipinski definition) is 1. The molecule has 0 atom stereocenters. The summed E-state index contributed by atoms with van der Waals surface area (Å²) in [6.45, 7) is 9.76. The van der Waals surface area contributed by atoms with Crippen molar-refractivity contribution in [1.82, 2.24) is 9.55 Å². The Labute approximate surface area is 108 Å². The fourth-order valence-corrected chi connectivity index (χ4v) is 2.28. The number of halogens is 1. The number of imidazole rings is 1. The molecule has 0 aliphatic carbocycles. The standard InChI is InChI=1S/C14H19ClN2/c1-5-8-17-12-9-10(15)6-7-11(12)16-13(17)14(2,3)4/h6-7,9H,5,8H2,1-4H3. The van der Waals surface area contributed by atoms with Gasteiger partial charge in [-0.25, -0.2) is 4.98 Å². The van der Waals surface area contributed by atoms with Crippen molar-refractivity contribution in [2.24, 2.45) is 0 Å². The predicted molar refractivity (Wildman–Crippen MR) is 73.7 cm³/mol. The molecule has 0 aliphatic heterocycles. The Bertz CT molecular complexity index is 535. The van der Waals surface area contributed by atoms with Crippen LogP contribution in [0.3, 0.4) is 0 Å². The van der Waals surface area contributed by atoms with Crippen molar-refractivity contribution >= 4 is 22.6 Å². The lowest BCUT2D eigenvalue weighted by Gasteiger charge is -2.19. The molecule has 0 N–H and O–H groups in total. The molecule has 0 saturated heterocycles. The first-order chi connectivity index (χ1) is 7.93. The first-order valence-corrected chi connectivity index (χ1v) is 6.47. The van der Waals surface area contributed by atoms with Gasteiger partial charge in [0.1, 0.15) is 5.82 Å². The van der Waals surface area contributed by atoms with Gasteiger partial charge < -0.3 is 4.57 Å². The molecular formula is C14H19ClN2. The van der Waals surface area contributed by atoms with Crippen LogP contribution in [0.25, 0.3) is 11.0 Å². The quantitative estimate of drug-likeness (QED) is 0.773. The zero-order chi connectivity index (χ0) is 12.6. The zero-order valence-corrected chi connectivity index (χ0v) is 11.7. The van der Waals surface area contributed by atoms with Gasteiger partial charge in [-0.05, 0) is 24.6 Å². The van der Waals surface area contributed by atoms with Crippen LogP contribution in [0.2, 0.25) is 5.02 Å². The van der Waals surface area contributed by atoms with Gasteiger partial charge in [-0.1, -0.05) is 39.3 Å². The Morgan fingerprint density at radius 3 is 2.59 bits per heavy atom. The molecular weight excluding hydrogens is 232 g/mol. The fraction of sp³-hybridized carbons (Fsp3) is 0.500. The maximum absolute atomic E-state index is 6.07. The Hall–Kier alpha value is -1.02. The van der Waals surface area contributed by atoms with E-state index in [2.05, 4.69) is 32.3 Å². The van der Waals surface area contributed by atoms with Gasteiger partial charge in [-0.2, -0.15) is 0 Å². The smallest absolute Gasteiger partial charge is 0.115 e. The van der Waals surface area contributed by atoms with Gasteiger partial charge in [-0.15, -0.1) is 0 Å². The highest BCUT2D eigenvalue weighted by atomic mass is 35.5. The average molecular weight is 251 g/mol. The minimum atomic E-state index is 0.0562. The van der Waals surface area contributed by atoms with E-state index in [9.17, 15) is 0 Å². The molecule has 2 rings (SSSR count). The normalized spacial score (nSPS) is 12.3. The number of aryl methyl sites for hydroxylation is 1. The maximum Gasteiger partial charge on any atom is 0.115 e. The number of fused-ring (bicyclic) bond motifs is 1. The van der Waals surface area contributed by atoms with E-state index in [0.29, 0.717) is 0 Å². The largest absolute Gasteiger partial charge is 0.328 e. The van der Waals surface area contributed by atoms with Gasteiger partial charge in [0, 0.05) is 17.0 Å². The Morgan fingerprint density at radius 1 is 1.29 bits per heavy atom. The summed E-state index contributed by atoms with van der Waals surface area (Å²) in [7, 11) is 0. The highest BCUT2D eigenvalue weighted by Crippen LogP contribution is 2.28. The minimum absolute atomic E-state index is 0.0562. The molecule has 1 heterocycles. The molecule has 2 aromatic rings. The molecule has 0 aliphatic rings. The maximum atomic E-state index is 6.07. The highest BCUT2D eigenvalue weighted by molar-refractivity contribution is 6.31. The number of aromatic nitrogens is 2. The molecule has 0 bridgehead atoms. The molecule has 1 aromatic heterocycles. The fourth-order valence-electron chi connectivity index (χ4n) is 2.12. The van der Waals surface area contributed by atoms with Crippen molar-refractivity contribution < 1.29 is 0 Å². The van der Waals surface area contributed by atoms with Crippen LogP contribution in [0.15, 0.2) is 18.2 Å². The number of hydrogen-bond donors (Lipinski definition) is 0. The second-order valence-electron chi connectivity index (χ2n) is 5.47. The molecule has 1 aromatic carbocycles. The minimum Gasteiger partial charge on any atom is -0.328 e. The topological polar surface area (TPSA) is 17.8 Å². The average Bonchev–Trinajstić information content (AvgIpc) is 2.57. The summed E-state index contributed by atoms with van der Waals surface area (Å²) in [6, 6.07) is 5.91. The summed E-state index contributed by atoms with van der Waals surface area (Å²) >= 11 is 6.07. The summed E-state index contributed by atoms with van der Waals surface area (Å²) in [6.07, 6.45) is 1.10. The van der Waals surface area contributed by atoms with Gasteiger partial charge in [-0.3, -0.25) is 0 Å². The Morgan fingerprint density at radius 2 is 2.00 bits per heavy atom. The van der Waals surface area contributed by atoms with Gasteiger partial charge in [0.15, 0.2) is 0 Å². The van der Waals surface area contributed by atoms with Crippen molar-refractivity contribution in [2.45, 2.75) is 46.1 Å². The van der Waals surface area contributed by atoms with Crippen LogP contribution in [0.1, 0.15) is 39.9 Å². The predicted octanol–water partition coefficient (Wildman–Crippen LogP) is 4.40. The van der Waals surface area contributed by atoms with E-state index in [1.54, 1.807) is 0 Å². The molecule has 17 heavy (non-hydrogen) atoms. The van der Waals surface area contributed by atoms with Crippen LogP contribution in [-0.2, 0) is 12.0 Å². The number of rotatable bonds is 2. The molecule has 2 nitrogen and oxygen atoms in total. The molecule has 0 radical (unpaired) electrons. The third kappa shape index (κ3) is 2.32. The summed E-state index contributed by atoms with van der Waals surface area (Å²) in [5.41, 5.74) is 2.23. The summed E-state index contributed by atoms with van der Waals surface area (Å²) in [5, 5.41) is 0.773. The van der Waals surface area contributed by atoms with E-state index in [0.717, 1.165) is 34.8 Å². The third-order valence-corrected chi connectivity index (χ3v) is 3.06. The van der Waals surface area contributed by atoms with E-state index in [1.807, 2.05) is 18.2 Å². The molecule has 3 heteroatoms. The van der Waals surface area contributed by atoms with Crippen LogP contribution >= 0.6 is 11.6 Å². The van der Waals surface area contributed by atoms with Crippen LogP contribution in [0.4, 0.5) is 0 Å². The highest BCUT2D eigenvalue weighted by Gasteiger charge is 2.22. The lowest BCUT2D eigenvalue weighted by Crippen LogP contribution is -2.19. The molecule has 0 spiro atoms. The second kappa shape index (κ2) is 4.34. The lowest BCUT2D eigenvalue weighted by molar-refractivity contribution is 0.501. The van der Waals surface area contributed by atoms with Crippen LogP contribution in [-0.4, -0.2) is 9.55 Å². The number of nitrogens with zero attached hydrogens (tertiary/aromatic N) is 2. The van der Waals surface area contributed by atoms with Gasteiger partial charge >= 0.3 is 0 Å². The molecule has 92 valence electrons. The van der Waals surface area contributed by atoms with Crippen molar-refractivity contribution in [1.29, 1.82) is 0 Å². The van der Waals surface area contributed by atoms with Gasteiger partial charge in [0.2, 0.25) is 0 Å². The van der Waals surface area contributed by atoms with Gasteiger partial charge in [0.25, 0.3) is 0 Å². The van der Waals surface area contributed by atoms with Crippen molar-refractivity contribution in [3.05, 3.63) is 29.0 Å². The van der Waals surface area contributed by atoms with Crippen molar-refractivity contribution in [3.8, 4) is 0 Å². The molecule has 0 amide bonds. The van der Waals surface area contributed by atoms with Crippen LogP contribution < -0.4 is 0 Å². The van der Waals surface area contributed by atoms with E-state index < -0.39 is 0 Å². The summed E-state index contributed by atoms with van der Waals surface area (Å²) in [4.78, 5) is 4.75. The Balaban J connectivity index is 2.71. The SMILES string of the molecule is CCCn1c(C(C)(C)C)nc2ccc(Cl)cc21. The van der Waals surface area contributed by atoms with E-state index in [1.165, 1.54) is 0 Å². The monoisotopic (exact) mass is 250 g/mol. The van der Waals surface area contributed by atoms with E-state index >= 15 is 0 Å². The first kappa shape index (κ1) is 12.4. The van der Waals surface area contributed by atoms with Crippen LogP contribution in [0, 0.1) is 0 Å². The summed E-state index contributed by atoms with van der Waals surface area (Å²) < 4.78 is 2.29. The van der Waals surface area contributed by atoms with Crippen molar-refractivity contribution in [3.63, 3.8) is 0 Å². The molecule has 0 saturated carbocycles. The number of benzene rings is 1. The zero-order valence-electron chi connectivity index (χ0n) is 10.9. The summed E-state index contributed by atoms with van der Waals surface area (Å²) in [5.74, 6) is 1.14. The van der Waals surface area contributed by atoms with Gasteiger partial charge in [0.05, 0.1) is 11.0 Å². The van der Waals surface area contributed by atoms with E-state index in [4.69, 9.17) is 16.6 Å². The van der Waals surface area contributed by atoms with E-state index in [-0.39, 0.29) is 5.41 Å². The van der Waals surface area contributed by atoms with Crippen LogP contribution in [0.5, 0.6) is 0 Å². The molecule has 0 unspecified atom stereocenters. The van der Waals surface area contributed by atoms with Crippen molar-refractivity contribution in [2.75, 3.05) is 0 Å². The third-order valence-electron chi connectivity index (χ3n) is 2.83. The Kier molecular flexibility index (Phi) is 3.17.